The Kier molecular flexibility index (Phi) is 5.09. The van der Waals surface area contributed by atoms with Gasteiger partial charge in [0.15, 0.2) is 0 Å². The van der Waals surface area contributed by atoms with Gasteiger partial charge in [-0.05, 0) is 30.0 Å². The maximum absolute atomic E-state index is 12.6. The zero-order chi connectivity index (χ0) is 17.9. The van der Waals surface area contributed by atoms with Crippen LogP contribution < -0.4 is 5.32 Å². The fourth-order valence-electron chi connectivity index (χ4n) is 2.98. The van der Waals surface area contributed by atoms with Crippen molar-refractivity contribution in [1.82, 2.24) is 30.2 Å². The standard InChI is InChI=1S/C15H20N6O3S/c1-25(23,24)21-8-4-5-11(10-21)9-16-15(22)13-7-3-2-6-12(13)14-17-19-20-18-14/h2-3,6-7,11H,4-5,8-10H2,1H3,(H,16,22)(H,17,18,19,20). The van der Waals surface area contributed by atoms with E-state index in [4.69, 9.17) is 0 Å². The Morgan fingerprint density at radius 2 is 2.20 bits per heavy atom. The number of rotatable bonds is 5. The first-order valence-corrected chi connectivity index (χ1v) is 9.86. The van der Waals surface area contributed by atoms with Crippen molar-refractivity contribution >= 4 is 15.9 Å². The molecule has 2 aromatic rings. The van der Waals surface area contributed by atoms with E-state index in [2.05, 4.69) is 25.9 Å². The maximum atomic E-state index is 12.6. The highest BCUT2D eigenvalue weighted by Crippen LogP contribution is 2.20. The van der Waals surface area contributed by atoms with Crippen molar-refractivity contribution in [2.24, 2.45) is 5.92 Å². The van der Waals surface area contributed by atoms with Crippen molar-refractivity contribution in [3.8, 4) is 11.4 Å². The first-order valence-electron chi connectivity index (χ1n) is 8.01. The molecule has 2 N–H and O–H groups in total. The molecule has 25 heavy (non-hydrogen) atoms. The van der Waals surface area contributed by atoms with Crippen LogP contribution in [0.5, 0.6) is 0 Å². The smallest absolute Gasteiger partial charge is 0.252 e. The second kappa shape index (κ2) is 7.28. The van der Waals surface area contributed by atoms with Gasteiger partial charge in [-0.3, -0.25) is 4.79 Å². The van der Waals surface area contributed by atoms with Gasteiger partial charge in [-0.15, -0.1) is 10.2 Å². The van der Waals surface area contributed by atoms with Crippen LogP contribution in [0.2, 0.25) is 0 Å². The van der Waals surface area contributed by atoms with Crippen LogP contribution in [-0.2, 0) is 10.0 Å². The van der Waals surface area contributed by atoms with E-state index in [0.29, 0.717) is 36.6 Å². The van der Waals surface area contributed by atoms with Crippen molar-refractivity contribution in [1.29, 1.82) is 0 Å². The highest BCUT2D eigenvalue weighted by molar-refractivity contribution is 7.88. The van der Waals surface area contributed by atoms with E-state index in [1.54, 1.807) is 24.3 Å². The normalized spacial score (nSPS) is 18.8. The van der Waals surface area contributed by atoms with Gasteiger partial charge in [-0.1, -0.05) is 18.2 Å². The number of carbonyl (C=O) groups is 1. The zero-order valence-corrected chi connectivity index (χ0v) is 14.7. The Morgan fingerprint density at radius 3 is 2.92 bits per heavy atom. The molecule has 0 bridgehead atoms. The minimum Gasteiger partial charge on any atom is -0.352 e. The highest BCUT2D eigenvalue weighted by Gasteiger charge is 2.26. The summed E-state index contributed by atoms with van der Waals surface area (Å²) in [6.45, 7) is 1.40. The molecule has 1 unspecified atom stereocenters. The Balaban J connectivity index is 1.66. The number of hydrogen-bond donors (Lipinski definition) is 2. The van der Waals surface area contributed by atoms with Gasteiger partial charge in [-0.25, -0.2) is 12.7 Å². The molecule has 0 aliphatic carbocycles. The van der Waals surface area contributed by atoms with Gasteiger partial charge in [0, 0.05) is 25.2 Å². The fourth-order valence-corrected chi connectivity index (χ4v) is 3.92. The number of hydrogen-bond acceptors (Lipinski definition) is 6. The average molecular weight is 364 g/mol. The molecule has 0 radical (unpaired) electrons. The maximum Gasteiger partial charge on any atom is 0.252 e. The van der Waals surface area contributed by atoms with Gasteiger partial charge < -0.3 is 5.32 Å². The largest absolute Gasteiger partial charge is 0.352 e. The van der Waals surface area contributed by atoms with Crippen molar-refractivity contribution in [2.45, 2.75) is 12.8 Å². The van der Waals surface area contributed by atoms with E-state index in [0.717, 1.165) is 12.8 Å². The van der Waals surface area contributed by atoms with Gasteiger partial charge in [0.25, 0.3) is 5.91 Å². The molecule has 134 valence electrons. The molecule has 0 saturated carbocycles. The van der Waals surface area contributed by atoms with Crippen LogP contribution in [0.3, 0.4) is 0 Å². The predicted octanol–water partition coefficient (Wildman–Crippen LogP) is 0.268. The lowest BCUT2D eigenvalue weighted by Crippen LogP contribution is -2.43. The summed E-state index contributed by atoms with van der Waals surface area (Å²) in [7, 11) is -3.19. The Bertz CT molecular complexity index is 837. The number of nitrogens with zero attached hydrogens (tertiary/aromatic N) is 4. The third kappa shape index (κ3) is 4.20. The topological polar surface area (TPSA) is 121 Å². The second-order valence-electron chi connectivity index (χ2n) is 6.12. The van der Waals surface area contributed by atoms with E-state index in [1.807, 2.05) is 0 Å². The molecule has 1 amide bonds. The molecule has 1 saturated heterocycles. The van der Waals surface area contributed by atoms with E-state index in [9.17, 15) is 13.2 Å². The lowest BCUT2D eigenvalue weighted by Gasteiger charge is -2.31. The first-order chi connectivity index (χ1) is 11.9. The molecule has 1 atom stereocenters. The van der Waals surface area contributed by atoms with Gasteiger partial charge in [0.2, 0.25) is 15.8 Å². The Hall–Kier alpha value is -2.33. The number of nitrogens with one attached hydrogen (secondary N) is 2. The molecular formula is C15H20N6O3S. The van der Waals surface area contributed by atoms with E-state index >= 15 is 0 Å². The molecule has 10 heteroatoms. The second-order valence-corrected chi connectivity index (χ2v) is 8.10. The number of carbonyl (C=O) groups excluding carboxylic acids is 1. The first kappa shape index (κ1) is 17.5. The molecule has 1 aromatic carbocycles. The quantitative estimate of drug-likeness (QED) is 0.785. The van der Waals surface area contributed by atoms with E-state index < -0.39 is 10.0 Å². The summed E-state index contributed by atoms with van der Waals surface area (Å²) in [5.74, 6) is 0.216. The SMILES string of the molecule is CS(=O)(=O)N1CCCC(CNC(=O)c2ccccc2-c2nn[nH]n2)C1. The molecule has 9 nitrogen and oxygen atoms in total. The number of H-pyrrole nitrogens is 1. The average Bonchev–Trinajstić information content (AvgIpc) is 3.14. The number of piperidine rings is 1. The van der Waals surface area contributed by atoms with Crippen LogP contribution in [-0.4, -0.2) is 65.1 Å². The minimum absolute atomic E-state index is 0.102. The van der Waals surface area contributed by atoms with Crippen LogP contribution in [0.25, 0.3) is 11.4 Å². The van der Waals surface area contributed by atoms with Crippen LogP contribution in [0.4, 0.5) is 0 Å². The number of amides is 1. The highest BCUT2D eigenvalue weighted by atomic mass is 32.2. The van der Waals surface area contributed by atoms with Crippen molar-refractivity contribution in [3.63, 3.8) is 0 Å². The molecular weight excluding hydrogens is 344 g/mol. The van der Waals surface area contributed by atoms with Crippen molar-refractivity contribution in [2.75, 3.05) is 25.9 Å². The van der Waals surface area contributed by atoms with Crippen molar-refractivity contribution < 1.29 is 13.2 Å². The summed E-state index contributed by atoms with van der Waals surface area (Å²) < 4.78 is 24.8. The summed E-state index contributed by atoms with van der Waals surface area (Å²) >= 11 is 0. The number of sulfonamides is 1. The van der Waals surface area contributed by atoms with Crippen LogP contribution in [0.1, 0.15) is 23.2 Å². The number of tetrazole rings is 1. The summed E-state index contributed by atoms with van der Waals surface area (Å²) in [5.41, 5.74) is 1.05. The van der Waals surface area contributed by atoms with E-state index in [-0.39, 0.29) is 11.8 Å². The Morgan fingerprint density at radius 1 is 1.40 bits per heavy atom. The fraction of sp³-hybridized carbons (Fsp3) is 0.467. The van der Waals surface area contributed by atoms with Crippen molar-refractivity contribution in [3.05, 3.63) is 29.8 Å². The molecule has 2 heterocycles. The third-order valence-electron chi connectivity index (χ3n) is 4.26. The molecule has 1 fully saturated rings. The summed E-state index contributed by atoms with van der Waals surface area (Å²) in [6, 6.07) is 7.02. The predicted molar refractivity (Wildman–Crippen MR) is 91.1 cm³/mol. The van der Waals surface area contributed by atoms with Gasteiger partial charge in [0.1, 0.15) is 0 Å². The van der Waals surface area contributed by atoms with E-state index in [1.165, 1.54) is 10.6 Å². The summed E-state index contributed by atoms with van der Waals surface area (Å²) in [6.07, 6.45) is 2.90. The summed E-state index contributed by atoms with van der Waals surface area (Å²) in [4.78, 5) is 12.6. The third-order valence-corrected chi connectivity index (χ3v) is 5.53. The zero-order valence-electron chi connectivity index (χ0n) is 13.8. The molecule has 0 spiro atoms. The minimum atomic E-state index is -3.19. The number of aromatic amines is 1. The molecule has 1 aromatic heterocycles. The summed E-state index contributed by atoms with van der Waals surface area (Å²) in [5, 5.41) is 16.6. The van der Waals surface area contributed by atoms with Gasteiger partial charge in [0.05, 0.1) is 11.8 Å². The monoisotopic (exact) mass is 364 g/mol. The van der Waals surface area contributed by atoms with Crippen LogP contribution in [0.15, 0.2) is 24.3 Å². The Labute approximate surface area is 145 Å². The lowest BCUT2D eigenvalue weighted by molar-refractivity contribution is 0.0942. The number of benzene rings is 1. The molecule has 1 aliphatic rings. The van der Waals surface area contributed by atoms with Crippen LogP contribution in [0, 0.1) is 5.92 Å². The molecule has 3 rings (SSSR count). The van der Waals surface area contributed by atoms with Gasteiger partial charge >= 0.3 is 0 Å². The lowest BCUT2D eigenvalue weighted by atomic mass is 9.99. The van der Waals surface area contributed by atoms with Gasteiger partial charge in [-0.2, -0.15) is 5.21 Å². The van der Waals surface area contributed by atoms with Crippen LogP contribution >= 0.6 is 0 Å². The number of aromatic nitrogens is 4. The molecule has 1 aliphatic heterocycles.